The summed E-state index contributed by atoms with van der Waals surface area (Å²) in [5.41, 5.74) is -3.16. The Labute approximate surface area is 219 Å². The minimum absolute atomic E-state index is 0.00563. The molecule has 37 heavy (non-hydrogen) atoms. The molecule has 4 heterocycles. The van der Waals surface area contributed by atoms with Crippen molar-refractivity contribution >= 4 is 17.5 Å². The summed E-state index contributed by atoms with van der Waals surface area (Å²) in [7, 11) is 0. The van der Waals surface area contributed by atoms with Crippen molar-refractivity contribution in [3.8, 4) is 0 Å². The van der Waals surface area contributed by atoms with Gasteiger partial charge in [-0.25, -0.2) is 4.90 Å². The highest BCUT2D eigenvalue weighted by atomic mass is 16.6. The van der Waals surface area contributed by atoms with Crippen molar-refractivity contribution in [2.24, 2.45) is 45.8 Å². The quantitative estimate of drug-likeness (QED) is 0.497. The summed E-state index contributed by atoms with van der Waals surface area (Å²) in [5.74, 6) is -1.48. The number of allylic oxidation sites excluding steroid dienone is 2. The number of hydrogen-bond donors (Lipinski definition) is 1. The van der Waals surface area contributed by atoms with E-state index in [0.717, 1.165) is 24.8 Å². The molecule has 1 spiro atoms. The molecule has 0 aromatic rings. The number of fused-ring (bicyclic) bond motifs is 5. The fourth-order valence-electron chi connectivity index (χ4n) is 11.3. The molecule has 1 N–H and O–H groups in total. The monoisotopic (exact) mass is 511 g/mol. The van der Waals surface area contributed by atoms with Crippen LogP contribution in [0.1, 0.15) is 80.1 Å². The molecule has 202 valence electrons. The highest BCUT2D eigenvalue weighted by Crippen LogP contribution is 2.78. The molecule has 2 saturated carbocycles. The van der Waals surface area contributed by atoms with Crippen molar-refractivity contribution in [1.82, 2.24) is 4.90 Å². The molecular weight excluding hydrogens is 470 g/mol. The van der Waals surface area contributed by atoms with Gasteiger partial charge in [0.2, 0.25) is 5.72 Å². The van der Waals surface area contributed by atoms with Gasteiger partial charge in [-0.1, -0.05) is 40.2 Å². The highest BCUT2D eigenvalue weighted by Gasteiger charge is 2.86. The third-order valence-corrected chi connectivity index (χ3v) is 12.8. The Hall–Kier alpha value is -1.57. The van der Waals surface area contributed by atoms with Crippen LogP contribution in [0.2, 0.25) is 0 Å². The fourth-order valence-corrected chi connectivity index (χ4v) is 11.3. The van der Waals surface area contributed by atoms with Crippen LogP contribution >= 0.6 is 0 Å². The molecule has 0 radical (unpaired) electrons. The van der Waals surface area contributed by atoms with Crippen molar-refractivity contribution < 1.29 is 29.0 Å². The van der Waals surface area contributed by atoms with Crippen molar-refractivity contribution in [2.45, 2.75) is 104 Å². The Morgan fingerprint density at radius 2 is 1.84 bits per heavy atom. The molecule has 7 rings (SSSR count). The summed E-state index contributed by atoms with van der Waals surface area (Å²) >= 11 is 0. The molecule has 6 fully saturated rings. The van der Waals surface area contributed by atoms with Gasteiger partial charge in [-0.05, 0) is 62.4 Å². The summed E-state index contributed by atoms with van der Waals surface area (Å²) in [4.78, 5) is 43.6. The average Bonchev–Trinajstić information content (AvgIpc) is 3.08. The zero-order valence-corrected chi connectivity index (χ0v) is 23.0. The number of hydrogen-bond acceptors (Lipinski definition) is 7. The molecular formula is C30H41NO6. The number of carbonyl (C=O) groups excluding carboxylic acids is 3. The number of aliphatic hydroxyl groups is 1. The summed E-state index contributed by atoms with van der Waals surface area (Å²) in [5, 5.41) is 12.8. The first kappa shape index (κ1) is 24.5. The third kappa shape index (κ3) is 2.46. The second kappa shape index (κ2) is 6.95. The van der Waals surface area contributed by atoms with E-state index in [-0.39, 0.29) is 36.0 Å². The van der Waals surface area contributed by atoms with Crippen LogP contribution in [0.15, 0.2) is 11.6 Å². The van der Waals surface area contributed by atoms with Crippen molar-refractivity contribution in [1.29, 1.82) is 0 Å². The standard InChI is InChI=1S/C30H41NO6/c1-15-10-19-22(20(32)11-15)17(3)23(34)24-26(4)13-21(33)37-30(25(35)28(19,24)6)27(26,5)7-8-29-12-16(2)9-18(36-29)14-31(29)30/h11,16-19,22,24-25,35H,7-10,12-14H2,1-6H3/t16-,17+,18+,19?,22-,24+,25-,26-,27-,28-,29?,30+/m0/s1. The van der Waals surface area contributed by atoms with Gasteiger partial charge >= 0.3 is 5.97 Å². The number of piperidine rings is 1. The molecule has 7 aliphatic rings. The van der Waals surface area contributed by atoms with Gasteiger partial charge in [0, 0.05) is 35.1 Å². The molecule has 2 unspecified atom stereocenters. The minimum atomic E-state index is -1.30. The maximum absolute atomic E-state index is 14.4. The Morgan fingerprint density at radius 3 is 2.57 bits per heavy atom. The molecule has 4 saturated heterocycles. The number of carbonyl (C=O) groups is 3. The van der Waals surface area contributed by atoms with Crippen molar-refractivity contribution in [3.63, 3.8) is 0 Å². The number of ketones is 2. The van der Waals surface area contributed by atoms with Gasteiger partial charge in [-0.15, -0.1) is 0 Å². The molecule has 12 atom stereocenters. The van der Waals surface area contributed by atoms with Gasteiger partial charge in [-0.2, -0.15) is 0 Å². The van der Waals surface area contributed by atoms with E-state index in [1.807, 2.05) is 20.8 Å². The van der Waals surface area contributed by atoms with Crippen LogP contribution < -0.4 is 0 Å². The first-order valence-corrected chi connectivity index (χ1v) is 14.4. The lowest BCUT2D eigenvalue weighted by Crippen LogP contribution is -2.88. The van der Waals surface area contributed by atoms with E-state index in [1.54, 1.807) is 6.08 Å². The van der Waals surface area contributed by atoms with Gasteiger partial charge in [0.15, 0.2) is 5.78 Å². The lowest BCUT2D eigenvalue weighted by molar-refractivity contribution is -0.412. The van der Waals surface area contributed by atoms with Crippen LogP contribution in [0.3, 0.4) is 0 Å². The normalized spacial score (nSPS) is 58.5. The zero-order valence-electron chi connectivity index (χ0n) is 23.0. The number of esters is 1. The van der Waals surface area contributed by atoms with Gasteiger partial charge < -0.3 is 14.6 Å². The number of aliphatic hydroxyl groups excluding tert-OH is 1. The predicted octanol–water partition coefficient (Wildman–Crippen LogP) is 3.63. The van der Waals surface area contributed by atoms with Crippen LogP contribution in [-0.4, -0.2) is 57.7 Å². The lowest BCUT2D eigenvalue weighted by Gasteiger charge is -2.78. The van der Waals surface area contributed by atoms with Gasteiger partial charge in [0.1, 0.15) is 17.6 Å². The van der Waals surface area contributed by atoms with E-state index in [0.29, 0.717) is 25.3 Å². The van der Waals surface area contributed by atoms with E-state index in [4.69, 9.17) is 9.47 Å². The second-order valence-corrected chi connectivity index (χ2v) is 14.6. The maximum Gasteiger partial charge on any atom is 0.308 e. The molecule has 0 aromatic carbocycles. The third-order valence-electron chi connectivity index (χ3n) is 12.8. The molecule has 7 nitrogen and oxygen atoms in total. The van der Waals surface area contributed by atoms with E-state index in [9.17, 15) is 19.5 Å². The lowest BCUT2D eigenvalue weighted by atomic mass is 9.32. The first-order valence-electron chi connectivity index (χ1n) is 14.4. The smallest absolute Gasteiger partial charge is 0.308 e. The SMILES string of the molecule is CC1=CC(=O)[C@@H]2C(C1)[C@@]1(C)[C@H](C(=O)[C@@H]2C)[C@]2(C)CC(=O)O[C@@]3([C@H]1O)N1C[C@H]4C[C@H](C)CC1(CC[C@@]23C)O4. The number of ether oxygens (including phenoxy) is 2. The van der Waals surface area contributed by atoms with E-state index < -0.39 is 51.6 Å². The number of Topliss-reactive ketones (excluding diaryl/α,β-unsaturated/α-hetero) is 1. The molecule has 4 aliphatic heterocycles. The Kier molecular flexibility index (Phi) is 4.59. The van der Waals surface area contributed by atoms with E-state index >= 15 is 0 Å². The predicted molar refractivity (Wildman–Crippen MR) is 134 cm³/mol. The second-order valence-electron chi connectivity index (χ2n) is 14.6. The largest absolute Gasteiger partial charge is 0.440 e. The molecule has 4 bridgehead atoms. The zero-order chi connectivity index (χ0) is 26.5. The topological polar surface area (TPSA) is 93.1 Å². The van der Waals surface area contributed by atoms with Gasteiger partial charge in [0.05, 0.1) is 12.5 Å². The summed E-state index contributed by atoms with van der Waals surface area (Å²) in [6.45, 7) is 13.0. The van der Waals surface area contributed by atoms with Crippen molar-refractivity contribution in [2.75, 3.05) is 6.54 Å². The van der Waals surface area contributed by atoms with Crippen LogP contribution in [0.5, 0.6) is 0 Å². The number of nitrogens with zero attached hydrogens (tertiary/aromatic N) is 1. The number of rotatable bonds is 0. The average molecular weight is 512 g/mol. The van der Waals surface area contributed by atoms with E-state index in [2.05, 4.69) is 25.7 Å². The first-order chi connectivity index (χ1) is 17.2. The Morgan fingerprint density at radius 1 is 1.11 bits per heavy atom. The molecule has 3 aliphatic carbocycles. The van der Waals surface area contributed by atoms with Crippen LogP contribution in [-0.2, 0) is 23.9 Å². The molecule has 0 aromatic heterocycles. The van der Waals surface area contributed by atoms with Gasteiger partial charge in [0.25, 0.3) is 0 Å². The molecule has 0 amide bonds. The van der Waals surface area contributed by atoms with Gasteiger partial charge in [-0.3, -0.25) is 14.4 Å². The van der Waals surface area contributed by atoms with Crippen LogP contribution in [0.4, 0.5) is 0 Å². The Balaban J connectivity index is 1.49. The summed E-state index contributed by atoms with van der Waals surface area (Å²) < 4.78 is 13.2. The minimum Gasteiger partial charge on any atom is -0.440 e. The summed E-state index contributed by atoms with van der Waals surface area (Å²) in [6.07, 6.45) is 4.72. The van der Waals surface area contributed by atoms with E-state index in [1.165, 1.54) is 0 Å². The van der Waals surface area contributed by atoms with Crippen molar-refractivity contribution in [3.05, 3.63) is 11.6 Å². The Bertz CT molecular complexity index is 1160. The maximum atomic E-state index is 14.4. The fraction of sp³-hybridized carbons (Fsp3) is 0.833. The van der Waals surface area contributed by atoms with Crippen LogP contribution in [0, 0.1) is 45.8 Å². The summed E-state index contributed by atoms with van der Waals surface area (Å²) in [6, 6.07) is 0. The van der Waals surface area contributed by atoms with Crippen LogP contribution in [0.25, 0.3) is 0 Å². The molecule has 7 heteroatoms. The highest BCUT2D eigenvalue weighted by molar-refractivity contribution is 6.00.